The number of nitrogens with one attached hydrogen (secondary N) is 2. The summed E-state index contributed by atoms with van der Waals surface area (Å²) >= 11 is 0. The summed E-state index contributed by atoms with van der Waals surface area (Å²) in [7, 11) is 0. The van der Waals surface area contributed by atoms with Crippen LogP contribution < -0.4 is 10.6 Å². The molecule has 10 nitrogen and oxygen atoms in total. The zero-order valence-corrected chi connectivity index (χ0v) is 25.4. The minimum absolute atomic E-state index is 0.0873. The molecule has 2 aromatic carbocycles. The van der Waals surface area contributed by atoms with Gasteiger partial charge in [0.05, 0.1) is 6.20 Å². The van der Waals surface area contributed by atoms with Crippen molar-refractivity contribution in [1.29, 1.82) is 0 Å². The van der Waals surface area contributed by atoms with Crippen molar-refractivity contribution < 1.29 is 23.6 Å². The number of hydrogen-bond donors (Lipinski definition) is 2. The molecule has 2 N–H and O–H groups in total. The zero-order chi connectivity index (χ0) is 30.9. The van der Waals surface area contributed by atoms with E-state index in [-0.39, 0.29) is 35.5 Å². The molecule has 10 heteroatoms. The van der Waals surface area contributed by atoms with Gasteiger partial charge < -0.3 is 24.9 Å². The van der Waals surface area contributed by atoms with E-state index in [1.807, 2.05) is 48.5 Å². The summed E-state index contributed by atoms with van der Waals surface area (Å²) < 4.78 is 6.04. The molecule has 1 aromatic heterocycles. The number of amides is 4. The maximum Gasteiger partial charge on any atom is 0.247 e. The molecule has 2 aliphatic carbocycles. The van der Waals surface area contributed by atoms with E-state index in [4.69, 9.17) is 4.42 Å². The van der Waals surface area contributed by atoms with Gasteiger partial charge in [-0.25, -0.2) is 4.98 Å². The number of benzene rings is 2. The summed E-state index contributed by atoms with van der Waals surface area (Å²) in [5, 5.41) is 5.95. The Kier molecular flexibility index (Phi) is 8.12. The Morgan fingerprint density at radius 1 is 0.622 bits per heavy atom. The van der Waals surface area contributed by atoms with Crippen molar-refractivity contribution in [2.75, 3.05) is 23.7 Å². The standard InChI is InChI=1S/C35H39N5O5/c41-31(28-9-3-19-39(28)34(43)24-5-1-6-24)37-26-15-11-22(12-16-26)30-21-36-33(45-30)23-13-17-27(18-14-23)38-32(42)29-10-4-20-40(29)35(44)25-7-2-8-25/h11-18,21,24-25,28-29H,1-10,19-20H2,(H,37,41)(H,38,42). The quantitative estimate of drug-likeness (QED) is 0.349. The Morgan fingerprint density at radius 2 is 1.09 bits per heavy atom. The maximum absolute atomic E-state index is 13.0. The smallest absolute Gasteiger partial charge is 0.247 e. The highest BCUT2D eigenvalue weighted by Gasteiger charge is 2.40. The molecule has 4 fully saturated rings. The van der Waals surface area contributed by atoms with E-state index in [0.29, 0.717) is 49.0 Å². The van der Waals surface area contributed by atoms with Crippen molar-refractivity contribution in [1.82, 2.24) is 14.8 Å². The third-order valence-corrected chi connectivity index (χ3v) is 9.93. The number of nitrogens with zero attached hydrogens (tertiary/aromatic N) is 3. The predicted octanol–water partition coefficient (Wildman–Crippen LogP) is 5.47. The van der Waals surface area contributed by atoms with Gasteiger partial charge in [0.25, 0.3) is 0 Å². The molecule has 234 valence electrons. The lowest BCUT2D eigenvalue weighted by molar-refractivity contribution is -0.142. The highest BCUT2D eigenvalue weighted by molar-refractivity contribution is 5.99. The van der Waals surface area contributed by atoms with Gasteiger partial charge in [0.1, 0.15) is 12.1 Å². The molecule has 2 aliphatic heterocycles. The average molecular weight is 610 g/mol. The number of rotatable bonds is 8. The average Bonchev–Trinajstić information content (AvgIpc) is 3.77. The van der Waals surface area contributed by atoms with Gasteiger partial charge >= 0.3 is 0 Å². The van der Waals surface area contributed by atoms with Crippen LogP contribution in [0.25, 0.3) is 22.8 Å². The summed E-state index contributed by atoms with van der Waals surface area (Å²) in [6, 6.07) is 13.9. The molecular formula is C35H39N5O5. The summed E-state index contributed by atoms with van der Waals surface area (Å²) in [6.45, 7) is 1.30. The number of aromatic nitrogens is 1. The van der Waals surface area contributed by atoms with Crippen LogP contribution in [0.3, 0.4) is 0 Å². The minimum atomic E-state index is -0.412. The lowest BCUT2D eigenvalue weighted by Gasteiger charge is -2.32. The molecule has 3 aromatic rings. The van der Waals surface area contributed by atoms with E-state index in [2.05, 4.69) is 15.6 Å². The summed E-state index contributed by atoms with van der Waals surface area (Å²) in [5.41, 5.74) is 2.90. The van der Waals surface area contributed by atoms with E-state index >= 15 is 0 Å². The van der Waals surface area contributed by atoms with Gasteiger partial charge in [0, 0.05) is 47.4 Å². The van der Waals surface area contributed by atoms with E-state index in [9.17, 15) is 19.2 Å². The summed E-state index contributed by atoms with van der Waals surface area (Å²) in [5.74, 6) is 1.18. The van der Waals surface area contributed by atoms with Gasteiger partial charge in [-0.05, 0) is 99.9 Å². The van der Waals surface area contributed by atoms with Gasteiger partial charge in [-0.1, -0.05) is 12.8 Å². The second kappa shape index (κ2) is 12.5. The van der Waals surface area contributed by atoms with Crippen LogP contribution in [-0.2, 0) is 19.2 Å². The SMILES string of the molecule is O=C(Nc1ccc(-c2cnc(-c3ccc(NC(=O)C4CCCN4C(=O)C4CCC4)cc3)o2)cc1)C1CCCN1C(=O)C1CCC1. The zero-order valence-electron chi connectivity index (χ0n) is 25.4. The third-order valence-electron chi connectivity index (χ3n) is 9.93. The Labute approximate surface area is 262 Å². The first-order valence-electron chi connectivity index (χ1n) is 16.3. The van der Waals surface area contributed by atoms with Gasteiger partial charge in [-0.2, -0.15) is 0 Å². The molecular weight excluding hydrogens is 570 g/mol. The third kappa shape index (κ3) is 5.98. The Hall–Kier alpha value is -4.47. The molecule has 3 heterocycles. The van der Waals surface area contributed by atoms with E-state index in [1.165, 1.54) is 0 Å². The van der Waals surface area contributed by atoms with Crippen LogP contribution in [0.1, 0.15) is 64.2 Å². The van der Waals surface area contributed by atoms with Crippen molar-refractivity contribution in [3.8, 4) is 22.8 Å². The van der Waals surface area contributed by atoms with Crippen molar-refractivity contribution in [2.45, 2.75) is 76.3 Å². The van der Waals surface area contributed by atoms with E-state index in [0.717, 1.165) is 62.5 Å². The van der Waals surface area contributed by atoms with Crippen LogP contribution in [0.2, 0.25) is 0 Å². The predicted molar refractivity (Wildman–Crippen MR) is 169 cm³/mol. The fourth-order valence-electron chi connectivity index (χ4n) is 6.79. The summed E-state index contributed by atoms with van der Waals surface area (Å²) in [4.78, 5) is 59.6. The number of hydrogen-bond acceptors (Lipinski definition) is 6. The van der Waals surface area contributed by atoms with Crippen LogP contribution in [0.4, 0.5) is 11.4 Å². The van der Waals surface area contributed by atoms with Crippen LogP contribution in [-0.4, -0.2) is 63.6 Å². The number of carbonyl (C=O) groups is 4. The molecule has 2 unspecified atom stereocenters. The highest BCUT2D eigenvalue weighted by Crippen LogP contribution is 2.33. The van der Waals surface area contributed by atoms with Gasteiger partial charge in [-0.3, -0.25) is 19.2 Å². The Balaban J connectivity index is 0.944. The Morgan fingerprint density at radius 3 is 1.53 bits per heavy atom. The normalized spacial score (nSPS) is 21.7. The largest absolute Gasteiger partial charge is 0.436 e. The molecule has 0 radical (unpaired) electrons. The van der Waals surface area contributed by atoms with E-state index < -0.39 is 12.1 Å². The molecule has 45 heavy (non-hydrogen) atoms. The lowest BCUT2D eigenvalue weighted by Crippen LogP contribution is -2.46. The second-order valence-electron chi connectivity index (χ2n) is 12.8. The molecule has 2 saturated carbocycles. The van der Waals surface area contributed by atoms with Crippen molar-refractivity contribution in [2.24, 2.45) is 11.8 Å². The number of carbonyl (C=O) groups excluding carboxylic acids is 4. The second-order valence-corrected chi connectivity index (χ2v) is 12.8. The molecule has 0 spiro atoms. The minimum Gasteiger partial charge on any atom is -0.436 e. The van der Waals surface area contributed by atoms with Crippen LogP contribution in [0.5, 0.6) is 0 Å². The molecule has 2 saturated heterocycles. The van der Waals surface area contributed by atoms with Gasteiger partial charge in [0.2, 0.25) is 29.5 Å². The molecule has 4 aliphatic rings. The fourth-order valence-corrected chi connectivity index (χ4v) is 6.79. The van der Waals surface area contributed by atoms with Crippen LogP contribution in [0, 0.1) is 11.8 Å². The van der Waals surface area contributed by atoms with Crippen LogP contribution >= 0.6 is 0 Å². The monoisotopic (exact) mass is 609 g/mol. The first-order chi connectivity index (χ1) is 21.9. The summed E-state index contributed by atoms with van der Waals surface area (Å²) in [6.07, 6.45) is 10.7. The van der Waals surface area contributed by atoms with Crippen molar-refractivity contribution >= 4 is 35.0 Å². The maximum atomic E-state index is 13.0. The van der Waals surface area contributed by atoms with Gasteiger partial charge in [-0.15, -0.1) is 0 Å². The van der Waals surface area contributed by atoms with Gasteiger partial charge in [0.15, 0.2) is 5.76 Å². The van der Waals surface area contributed by atoms with E-state index in [1.54, 1.807) is 16.0 Å². The first kappa shape index (κ1) is 29.3. The topological polar surface area (TPSA) is 125 Å². The number of likely N-dealkylation sites (tertiary alicyclic amines) is 2. The van der Waals surface area contributed by atoms with Crippen LogP contribution in [0.15, 0.2) is 59.1 Å². The molecule has 4 amide bonds. The Bertz CT molecular complexity index is 1460. The molecule has 7 rings (SSSR count). The van der Waals surface area contributed by atoms with Crippen molar-refractivity contribution in [3.63, 3.8) is 0 Å². The number of oxazole rings is 1. The highest BCUT2D eigenvalue weighted by atomic mass is 16.4. The number of anilines is 2. The van der Waals surface area contributed by atoms with Crippen molar-refractivity contribution in [3.05, 3.63) is 54.7 Å². The molecule has 2 atom stereocenters. The lowest BCUT2D eigenvalue weighted by atomic mass is 9.84. The molecule has 0 bridgehead atoms. The first-order valence-corrected chi connectivity index (χ1v) is 16.3. The fraction of sp³-hybridized carbons (Fsp3) is 0.457.